The standard InChI is InChI=1S/C30H26N4/c1-19-15-16-20(2)28(26(19)27-21-10-9-17-31-29(21)33-18-32-27)34-24-13-7-5-11-22(24)30(3,4)23-12-6-8-14-25(23)34/h5-18H,1-4H3. The molecular formula is C30H26N4. The smallest absolute Gasteiger partial charge is 0.163 e. The minimum Gasteiger partial charge on any atom is -0.309 e. The molecule has 1 aliphatic heterocycles. The second kappa shape index (κ2) is 7.49. The van der Waals surface area contributed by atoms with Crippen molar-refractivity contribution in [2.45, 2.75) is 33.1 Å². The van der Waals surface area contributed by atoms with Crippen LogP contribution in [0.2, 0.25) is 0 Å². The molecular weight excluding hydrogens is 416 g/mol. The van der Waals surface area contributed by atoms with Crippen molar-refractivity contribution in [3.05, 3.63) is 108 Å². The SMILES string of the molecule is Cc1ccc(C)c(N2c3ccccc3C(C)(C)c3ccccc32)c1-c1ncnc2ncccc12. The van der Waals surface area contributed by atoms with Crippen LogP contribution >= 0.6 is 0 Å². The molecule has 4 heteroatoms. The number of rotatable bonds is 2. The Kier molecular flexibility index (Phi) is 4.53. The predicted molar refractivity (Wildman–Crippen MR) is 139 cm³/mol. The van der Waals surface area contributed by atoms with Gasteiger partial charge in [0.1, 0.15) is 6.33 Å². The molecule has 0 aliphatic carbocycles. The molecule has 0 bridgehead atoms. The first-order valence-corrected chi connectivity index (χ1v) is 11.6. The third kappa shape index (κ3) is 2.88. The number of anilines is 3. The molecule has 0 saturated heterocycles. The van der Waals surface area contributed by atoms with Gasteiger partial charge in [-0.2, -0.15) is 0 Å². The molecule has 0 N–H and O–H groups in total. The van der Waals surface area contributed by atoms with Crippen LogP contribution in [-0.2, 0) is 5.41 Å². The summed E-state index contributed by atoms with van der Waals surface area (Å²) >= 11 is 0. The van der Waals surface area contributed by atoms with Crippen LogP contribution in [-0.4, -0.2) is 15.0 Å². The highest BCUT2D eigenvalue weighted by Crippen LogP contribution is 2.54. The zero-order valence-electron chi connectivity index (χ0n) is 19.9. The van der Waals surface area contributed by atoms with E-state index in [0.29, 0.717) is 5.65 Å². The van der Waals surface area contributed by atoms with E-state index in [1.54, 1.807) is 12.5 Å². The lowest BCUT2D eigenvalue weighted by atomic mass is 9.73. The Hall–Kier alpha value is -4.05. The van der Waals surface area contributed by atoms with E-state index in [4.69, 9.17) is 4.98 Å². The summed E-state index contributed by atoms with van der Waals surface area (Å²) in [5.41, 5.74) is 11.2. The van der Waals surface area contributed by atoms with Gasteiger partial charge < -0.3 is 4.90 Å². The van der Waals surface area contributed by atoms with Gasteiger partial charge in [0.15, 0.2) is 5.65 Å². The number of hydrogen-bond acceptors (Lipinski definition) is 4. The van der Waals surface area contributed by atoms with Gasteiger partial charge in [-0.05, 0) is 60.4 Å². The van der Waals surface area contributed by atoms with Gasteiger partial charge in [0.25, 0.3) is 0 Å². The van der Waals surface area contributed by atoms with E-state index in [-0.39, 0.29) is 5.41 Å². The molecule has 3 heterocycles. The fraction of sp³-hybridized carbons (Fsp3) is 0.167. The van der Waals surface area contributed by atoms with Crippen molar-refractivity contribution in [3.8, 4) is 11.3 Å². The van der Waals surface area contributed by atoms with E-state index in [0.717, 1.165) is 22.3 Å². The molecule has 1 aliphatic rings. The van der Waals surface area contributed by atoms with Crippen LogP contribution in [0.5, 0.6) is 0 Å². The maximum absolute atomic E-state index is 4.80. The van der Waals surface area contributed by atoms with Crippen LogP contribution in [0.4, 0.5) is 17.1 Å². The fourth-order valence-electron chi connectivity index (χ4n) is 5.39. The van der Waals surface area contributed by atoms with Crippen LogP contribution < -0.4 is 4.90 Å². The third-order valence-electron chi connectivity index (χ3n) is 7.09. The number of aromatic nitrogens is 3. The van der Waals surface area contributed by atoms with Crippen LogP contribution in [0.1, 0.15) is 36.1 Å². The molecule has 34 heavy (non-hydrogen) atoms. The summed E-state index contributed by atoms with van der Waals surface area (Å²) in [4.78, 5) is 16.1. The van der Waals surface area contributed by atoms with Gasteiger partial charge in [-0.1, -0.05) is 62.4 Å². The van der Waals surface area contributed by atoms with Gasteiger partial charge in [-0.15, -0.1) is 0 Å². The Morgan fingerprint density at radius 3 is 2.03 bits per heavy atom. The number of pyridine rings is 1. The Morgan fingerprint density at radius 2 is 1.32 bits per heavy atom. The molecule has 0 fully saturated rings. The summed E-state index contributed by atoms with van der Waals surface area (Å²) in [7, 11) is 0. The maximum Gasteiger partial charge on any atom is 0.163 e. The first kappa shape index (κ1) is 20.5. The van der Waals surface area contributed by atoms with Gasteiger partial charge in [0.2, 0.25) is 0 Å². The molecule has 3 aromatic carbocycles. The molecule has 0 saturated carbocycles. The monoisotopic (exact) mass is 442 g/mol. The van der Waals surface area contributed by atoms with Gasteiger partial charge in [0, 0.05) is 22.6 Å². The summed E-state index contributed by atoms with van der Waals surface area (Å²) in [6, 6.07) is 25.9. The van der Waals surface area contributed by atoms with Gasteiger partial charge in [0.05, 0.1) is 22.8 Å². The number of hydrogen-bond donors (Lipinski definition) is 0. The van der Waals surface area contributed by atoms with Crippen LogP contribution in [0.15, 0.2) is 85.3 Å². The van der Waals surface area contributed by atoms with Crippen LogP contribution in [0.3, 0.4) is 0 Å². The first-order valence-electron chi connectivity index (χ1n) is 11.6. The molecule has 2 aromatic heterocycles. The van der Waals surface area contributed by atoms with Crippen LogP contribution in [0, 0.1) is 13.8 Å². The summed E-state index contributed by atoms with van der Waals surface area (Å²) in [5, 5.41) is 0.957. The maximum atomic E-state index is 4.80. The molecule has 4 nitrogen and oxygen atoms in total. The van der Waals surface area contributed by atoms with E-state index in [9.17, 15) is 0 Å². The molecule has 0 radical (unpaired) electrons. The number of benzene rings is 3. The third-order valence-corrected chi connectivity index (χ3v) is 7.09. The lowest BCUT2D eigenvalue weighted by Crippen LogP contribution is -2.31. The Balaban J connectivity index is 1.74. The van der Waals surface area contributed by atoms with Crippen molar-refractivity contribution in [3.63, 3.8) is 0 Å². The average molecular weight is 443 g/mol. The molecule has 0 amide bonds. The average Bonchev–Trinajstić information content (AvgIpc) is 2.86. The first-order chi connectivity index (χ1) is 16.5. The van der Waals surface area contributed by atoms with Gasteiger partial charge in [-0.3, -0.25) is 0 Å². The molecule has 0 atom stereocenters. The summed E-state index contributed by atoms with van der Waals surface area (Å²) in [5.74, 6) is 0. The second-order valence-electron chi connectivity index (χ2n) is 9.51. The zero-order chi connectivity index (χ0) is 23.4. The van der Waals surface area contributed by atoms with Crippen molar-refractivity contribution < 1.29 is 0 Å². The lowest BCUT2D eigenvalue weighted by molar-refractivity contribution is 0.632. The van der Waals surface area contributed by atoms with E-state index in [2.05, 4.69) is 109 Å². The summed E-state index contributed by atoms with van der Waals surface area (Å²) < 4.78 is 0. The number of para-hydroxylation sites is 2. The van der Waals surface area contributed by atoms with Crippen LogP contribution in [0.25, 0.3) is 22.3 Å². The quantitative estimate of drug-likeness (QED) is 0.285. The predicted octanol–water partition coefficient (Wildman–Crippen LogP) is 7.42. The number of nitrogens with zero attached hydrogens (tertiary/aromatic N) is 4. The topological polar surface area (TPSA) is 41.9 Å². The van der Waals surface area contributed by atoms with Crippen molar-refractivity contribution >= 4 is 28.1 Å². The van der Waals surface area contributed by atoms with Gasteiger partial charge >= 0.3 is 0 Å². The molecule has 6 rings (SSSR count). The van der Waals surface area contributed by atoms with Crippen molar-refractivity contribution in [2.24, 2.45) is 0 Å². The highest BCUT2D eigenvalue weighted by Gasteiger charge is 2.37. The minimum atomic E-state index is -0.104. The van der Waals surface area contributed by atoms with Crippen molar-refractivity contribution in [1.29, 1.82) is 0 Å². The number of aryl methyl sites for hydroxylation is 2. The second-order valence-corrected chi connectivity index (χ2v) is 9.51. The Bertz CT molecular complexity index is 1510. The normalized spacial score (nSPS) is 14.1. The van der Waals surface area contributed by atoms with Crippen molar-refractivity contribution in [2.75, 3.05) is 4.90 Å². The lowest BCUT2D eigenvalue weighted by Gasteiger charge is -2.43. The minimum absolute atomic E-state index is 0.104. The molecule has 0 unspecified atom stereocenters. The number of fused-ring (bicyclic) bond motifs is 3. The molecule has 0 spiro atoms. The highest BCUT2D eigenvalue weighted by atomic mass is 15.2. The van der Waals surface area contributed by atoms with E-state index < -0.39 is 0 Å². The highest BCUT2D eigenvalue weighted by molar-refractivity contribution is 6.00. The Labute approximate surface area is 200 Å². The Morgan fingerprint density at radius 1 is 0.676 bits per heavy atom. The molecule has 5 aromatic rings. The summed E-state index contributed by atoms with van der Waals surface area (Å²) in [6.07, 6.45) is 3.40. The molecule has 166 valence electrons. The van der Waals surface area contributed by atoms with Crippen molar-refractivity contribution in [1.82, 2.24) is 15.0 Å². The van der Waals surface area contributed by atoms with E-state index in [1.165, 1.54) is 33.6 Å². The van der Waals surface area contributed by atoms with E-state index >= 15 is 0 Å². The van der Waals surface area contributed by atoms with E-state index in [1.807, 2.05) is 6.07 Å². The fourth-order valence-corrected chi connectivity index (χ4v) is 5.39. The van der Waals surface area contributed by atoms with Gasteiger partial charge in [-0.25, -0.2) is 15.0 Å². The summed E-state index contributed by atoms with van der Waals surface area (Å²) in [6.45, 7) is 8.98. The largest absolute Gasteiger partial charge is 0.309 e. The zero-order valence-corrected chi connectivity index (χ0v) is 19.9.